The summed E-state index contributed by atoms with van der Waals surface area (Å²) in [6, 6.07) is 12.2. The van der Waals surface area contributed by atoms with Crippen molar-refractivity contribution < 1.29 is 4.79 Å². The molecule has 1 aromatic carbocycles. The normalized spacial score (nSPS) is 13.9. The lowest BCUT2D eigenvalue weighted by Crippen LogP contribution is -2.30. The lowest BCUT2D eigenvalue weighted by atomic mass is 10.1. The first-order valence-electron chi connectivity index (χ1n) is 9.41. The Morgan fingerprint density at radius 3 is 2.52 bits per heavy atom. The van der Waals surface area contributed by atoms with Crippen LogP contribution in [0.2, 0.25) is 0 Å². The largest absolute Gasteiger partial charge is 0.332 e. The number of aryl methyl sites for hydroxylation is 1. The number of carbonyl (C=O) groups is 1. The standard InChI is InChI=1S/C22H26N4O/c1-16-8-7-9-17(12-16)13-20(27)25-14-18-19(15-25)23-26(22(2,3)4)21(18)24-10-5-6-11-24/h5-12H,13-15H2,1-4H3. The van der Waals surface area contributed by atoms with Gasteiger partial charge in [0.05, 0.1) is 30.7 Å². The van der Waals surface area contributed by atoms with Gasteiger partial charge in [-0.2, -0.15) is 5.10 Å². The number of aromatic nitrogens is 3. The van der Waals surface area contributed by atoms with Crippen LogP contribution in [-0.2, 0) is 29.8 Å². The van der Waals surface area contributed by atoms with Crippen LogP contribution in [0.1, 0.15) is 43.2 Å². The Balaban J connectivity index is 1.61. The molecule has 3 aromatic rings. The van der Waals surface area contributed by atoms with Gasteiger partial charge in [0.1, 0.15) is 5.82 Å². The number of rotatable bonds is 3. The molecular weight excluding hydrogens is 336 g/mol. The van der Waals surface area contributed by atoms with Crippen molar-refractivity contribution in [2.75, 3.05) is 0 Å². The molecule has 1 amide bonds. The van der Waals surface area contributed by atoms with Gasteiger partial charge in [-0.3, -0.25) is 4.79 Å². The van der Waals surface area contributed by atoms with Crippen LogP contribution in [0.4, 0.5) is 0 Å². The predicted molar refractivity (Wildman–Crippen MR) is 106 cm³/mol. The summed E-state index contributed by atoms with van der Waals surface area (Å²) in [4.78, 5) is 14.8. The first kappa shape index (κ1) is 17.6. The maximum Gasteiger partial charge on any atom is 0.227 e. The molecule has 5 heteroatoms. The van der Waals surface area contributed by atoms with Gasteiger partial charge in [0.2, 0.25) is 5.91 Å². The Bertz CT molecular complexity index is 976. The lowest BCUT2D eigenvalue weighted by molar-refractivity contribution is -0.131. The molecule has 0 fully saturated rings. The minimum Gasteiger partial charge on any atom is -0.332 e. The van der Waals surface area contributed by atoms with Gasteiger partial charge in [0, 0.05) is 18.0 Å². The van der Waals surface area contributed by atoms with E-state index < -0.39 is 0 Å². The van der Waals surface area contributed by atoms with Crippen molar-refractivity contribution in [1.82, 2.24) is 19.2 Å². The molecule has 0 atom stereocenters. The zero-order valence-electron chi connectivity index (χ0n) is 16.4. The highest BCUT2D eigenvalue weighted by Crippen LogP contribution is 2.32. The molecule has 0 N–H and O–H groups in total. The van der Waals surface area contributed by atoms with E-state index in [-0.39, 0.29) is 11.4 Å². The number of hydrogen-bond acceptors (Lipinski definition) is 2. The quantitative estimate of drug-likeness (QED) is 0.711. The summed E-state index contributed by atoms with van der Waals surface area (Å²) >= 11 is 0. The summed E-state index contributed by atoms with van der Waals surface area (Å²) in [7, 11) is 0. The van der Waals surface area contributed by atoms with Crippen molar-refractivity contribution in [1.29, 1.82) is 0 Å². The van der Waals surface area contributed by atoms with Crippen molar-refractivity contribution in [2.24, 2.45) is 0 Å². The van der Waals surface area contributed by atoms with E-state index >= 15 is 0 Å². The van der Waals surface area contributed by atoms with Crippen LogP contribution >= 0.6 is 0 Å². The first-order valence-corrected chi connectivity index (χ1v) is 9.41. The molecule has 0 radical (unpaired) electrons. The summed E-state index contributed by atoms with van der Waals surface area (Å²) < 4.78 is 4.19. The Morgan fingerprint density at radius 2 is 1.85 bits per heavy atom. The summed E-state index contributed by atoms with van der Waals surface area (Å²) in [5.74, 6) is 1.22. The van der Waals surface area contributed by atoms with E-state index in [0.29, 0.717) is 19.5 Å². The van der Waals surface area contributed by atoms with E-state index in [1.165, 1.54) is 5.56 Å². The summed E-state index contributed by atoms with van der Waals surface area (Å²) in [5, 5.41) is 4.87. The third kappa shape index (κ3) is 3.29. The van der Waals surface area contributed by atoms with Crippen LogP contribution < -0.4 is 0 Å². The minimum absolute atomic E-state index is 0.125. The minimum atomic E-state index is -0.125. The third-order valence-electron chi connectivity index (χ3n) is 5.00. The second-order valence-corrected chi connectivity index (χ2v) is 8.34. The van der Waals surface area contributed by atoms with E-state index in [9.17, 15) is 4.79 Å². The van der Waals surface area contributed by atoms with Crippen molar-refractivity contribution >= 4 is 5.91 Å². The highest BCUT2D eigenvalue weighted by Gasteiger charge is 2.33. The first-order chi connectivity index (χ1) is 12.8. The molecule has 0 saturated carbocycles. The second kappa shape index (κ2) is 6.41. The summed E-state index contributed by atoms with van der Waals surface area (Å²) in [6.45, 7) is 9.72. The van der Waals surface area contributed by atoms with Gasteiger partial charge >= 0.3 is 0 Å². The summed E-state index contributed by atoms with van der Waals surface area (Å²) in [6.07, 6.45) is 4.51. The van der Waals surface area contributed by atoms with Crippen LogP contribution in [0, 0.1) is 6.92 Å². The number of fused-ring (bicyclic) bond motifs is 1. The number of benzene rings is 1. The summed E-state index contributed by atoms with van der Waals surface area (Å²) in [5.41, 5.74) is 4.28. The van der Waals surface area contributed by atoms with E-state index in [1.807, 2.05) is 41.6 Å². The van der Waals surface area contributed by atoms with E-state index in [2.05, 4.69) is 49.1 Å². The Labute approximate surface area is 160 Å². The maximum absolute atomic E-state index is 12.9. The molecule has 140 valence electrons. The molecule has 1 aliphatic rings. The van der Waals surface area contributed by atoms with E-state index in [4.69, 9.17) is 5.10 Å². The van der Waals surface area contributed by atoms with E-state index in [0.717, 1.165) is 22.6 Å². The monoisotopic (exact) mass is 362 g/mol. The topological polar surface area (TPSA) is 43.1 Å². The Kier molecular flexibility index (Phi) is 4.17. The molecule has 0 bridgehead atoms. The molecule has 1 aliphatic heterocycles. The fraction of sp³-hybridized carbons (Fsp3) is 0.364. The fourth-order valence-corrected chi connectivity index (χ4v) is 3.70. The average molecular weight is 362 g/mol. The number of amides is 1. The van der Waals surface area contributed by atoms with Gasteiger partial charge in [-0.15, -0.1) is 0 Å². The molecule has 3 heterocycles. The van der Waals surface area contributed by atoms with Gasteiger partial charge in [-0.25, -0.2) is 4.68 Å². The van der Waals surface area contributed by atoms with Gasteiger partial charge < -0.3 is 9.47 Å². The number of carbonyl (C=O) groups excluding carboxylic acids is 1. The third-order valence-corrected chi connectivity index (χ3v) is 5.00. The zero-order valence-corrected chi connectivity index (χ0v) is 16.4. The van der Waals surface area contributed by atoms with Gasteiger partial charge in [-0.05, 0) is 45.4 Å². The van der Waals surface area contributed by atoms with Crippen LogP contribution in [0.15, 0.2) is 48.8 Å². The highest BCUT2D eigenvalue weighted by atomic mass is 16.2. The molecule has 4 rings (SSSR count). The van der Waals surface area contributed by atoms with Crippen molar-refractivity contribution in [3.05, 3.63) is 71.2 Å². The molecule has 5 nitrogen and oxygen atoms in total. The van der Waals surface area contributed by atoms with Crippen LogP contribution in [0.3, 0.4) is 0 Å². The molecule has 27 heavy (non-hydrogen) atoms. The highest BCUT2D eigenvalue weighted by molar-refractivity contribution is 5.79. The molecule has 2 aromatic heterocycles. The van der Waals surface area contributed by atoms with Crippen molar-refractivity contribution in [3.63, 3.8) is 0 Å². The van der Waals surface area contributed by atoms with Gasteiger partial charge in [0.15, 0.2) is 0 Å². The SMILES string of the molecule is Cc1cccc(CC(=O)N2Cc3nn(C(C)(C)C)c(-n4cccc4)c3C2)c1. The van der Waals surface area contributed by atoms with Gasteiger partial charge in [-0.1, -0.05) is 29.8 Å². The molecular formula is C22H26N4O. The number of nitrogens with zero attached hydrogens (tertiary/aromatic N) is 4. The Morgan fingerprint density at radius 1 is 1.11 bits per heavy atom. The van der Waals surface area contributed by atoms with Crippen molar-refractivity contribution in [2.45, 2.75) is 52.7 Å². The van der Waals surface area contributed by atoms with Crippen LogP contribution in [0.5, 0.6) is 0 Å². The molecule has 0 aliphatic carbocycles. The number of hydrogen-bond donors (Lipinski definition) is 0. The molecule has 0 unspecified atom stereocenters. The zero-order chi connectivity index (χ0) is 19.2. The maximum atomic E-state index is 12.9. The van der Waals surface area contributed by atoms with Crippen LogP contribution in [-0.4, -0.2) is 25.2 Å². The molecule has 0 spiro atoms. The predicted octanol–water partition coefficient (Wildman–Crippen LogP) is 3.82. The average Bonchev–Trinajstić information content (AvgIpc) is 3.29. The van der Waals surface area contributed by atoms with E-state index in [1.54, 1.807) is 0 Å². The van der Waals surface area contributed by atoms with Gasteiger partial charge in [0.25, 0.3) is 0 Å². The van der Waals surface area contributed by atoms with Crippen LogP contribution in [0.25, 0.3) is 5.82 Å². The fourth-order valence-electron chi connectivity index (χ4n) is 3.70. The smallest absolute Gasteiger partial charge is 0.227 e. The Hall–Kier alpha value is -2.82. The van der Waals surface area contributed by atoms with Crippen molar-refractivity contribution in [3.8, 4) is 5.82 Å². The molecule has 0 saturated heterocycles. The second-order valence-electron chi connectivity index (χ2n) is 8.34. The lowest BCUT2D eigenvalue weighted by Gasteiger charge is -2.24.